The van der Waals surface area contributed by atoms with Crippen molar-refractivity contribution in [3.8, 4) is 11.5 Å². The summed E-state index contributed by atoms with van der Waals surface area (Å²) in [6.45, 7) is 9.10. The minimum Gasteiger partial charge on any atom is -0.493 e. The van der Waals surface area contributed by atoms with E-state index in [0.29, 0.717) is 48.2 Å². The zero-order valence-electron chi connectivity index (χ0n) is 25.2. The molecule has 0 aliphatic heterocycles. The number of carbonyl (C=O) groups excluding carboxylic acids is 1. The number of benzene rings is 2. The molecule has 216 valence electrons. The van der Waals surface area contributed by atoms with Crippen LogP contribution in [-0.2, 0) is 30.1 Å². The molecule has 1 heterocycles. The van der Waals surface area contributed by atoms with Gasteiger partial charge in [0.2, 0.25) is 5.91 Å². The predicted molar refractivity (Wildman–Crippen MR) is 163 cm³/mol. The summed E-state index contributed by atoms with van der Waals surface area (Å²) in [5.74, 6) is 2.19. The largest absolute Gasteiger partial charge is 0.493 e. The van der Waals surface area contributed by atoms with E-state index in [1.165, 1.54) is 17.3 Å². The minimum atomic E-state index is -0.0131. The van der Waals surface area contributed by atoms with Crippen LogP contribution in [0.2, 0.25) is 0 Å². The van der Waals surface area contributed by atoms with Crippen molar-refractivity contribution in [3.63, 3.8) is 0 Å². The normalized spacial score (nSPS) is 11.4. The number of likely N-dealkylation sites (N-methyl/N-ethyl adjacent to an activating group) is 1. The Kier molecular flexibility index (Phi) is 10.9. The van der Waals surface area contributed by atoms with Gasteiger partial charge in [0.15, 0.2) is 16.7 Å². The average Bonchev–Trinajstić information content (AvgIpc) is 2.93. The Balaban J connectivity index is 1.51. The second kappa shape index (κ2) is 13.9. The molecule has 0 atom stereocenters. The first-order valence-electron chi connectivity index (χ1n) is 13.7. The van der Waals surface area contributed by atoms with Gasteiger partial charge in [-0.1, -0.05) is 62.9 Å². The number of rotatable bonds is 12. The standard InChI is InChI=1S/C32H43N3O4S/c1-22-26(20-23-11-14-25(15-12-23)32(2,3)4)30(37)35(6)31(33-22)40-19-9-10-29(36)34(5)18-17-24-13-16-27(38-7)28(21-24)39-8/h11-16,21H,9-10,17-20H2,1-8H3. The maximum atomic E-state index is 13.2. The Morgan fingerprint density at radius 1 is 1.02 bits per heavy atom. The number of aryl methyl sites for hydroxylation is 1. The van der Waals surface area contributed by atoms with Crippen LogP contribution < -0.4 is 15.0 Å². The van der Waals surface area contributed by atoms with Gasteiger partial charge >= 0.3 is 0 Å². The molecule has 0 aliphatic carbocycles. The van der Waals surface area contributed by atoms with Crippen LogP contribution in [0.1, 0.15) is 61.6 Å². The number of nitrogens with zero attached hydrogens (tertiary/aromatic N) is 3. The van der Waals surface area contributed by atoms with E-state index in [-0.39, 0.29) is 16.9 Å². The van der Waals surface area contributed by atoms with Crippen molar-refractivity contribution in [2.75, 3.05) is 33.6 Å². The van der Waals surface area contributed by atoms with Gasteiger partial charge < -0.3 is 14.4 Å². The highest BCUT2D eigenvalue weighted by atomic mass is 32.2. The smallest absolute Gasteiger partial charge is 0.257 e. The topological polar surface area (TPSA) is 73.7 Å². The molecule has 3 rings (SSSR count). The lowest BCUT2D eigenvalue weighted by Gasteiger charge is -2.19. The van der Waals surface area contributed by atoms with Crippen LogP contribution in [0, 0.1) is 6.92 Å². The van der Waals surface area contributed by atoms with E-state index in [9.17, 15) is 9.59 Å². The lowest BCUT2D eigenvalue weighted by Crippen LogP contribution is -2.28. The second-order valence-corrected chi connectivity index (χ2v) is 12.2. The first-order valence-corrected chi connectivity index (χ1v) is 14.7. The molecule has 0 N–H and O–H groups in total. The van der Waals surface area contributed by atoms with Gasteiger partial charge in [0.1, 0.15) is 0 Å². The van der Waals surface area contributed by atoms with Gasteiger partial charge in [-0.3, -0.25) is 14.2 Å². The van der Waals surface area contributed by atoms with Crippen LogP contribution >= 0.6 is 11.8 Å². The third-order valence-corrected chi connectivity index (χ3v) is 8.24. The zero-order chi connectivity index (χ0) is 29.4. The van der Waals surface area contributed by atoms with Crippen molar-refractivity contribution >= 4 is 17.7 Å². The SMILES string of the molecule is COc1ccc(CCN(C)C(=O)CCCSc2nc(C)c(Cc3ccc(C(C)(C)C)cc3)c(=O)n2C)cc1OC. The zero-order valence-corrected chi connectivity index (χ0v) is 26.0. The summed E-state index contributed by atoms with van der Waals surface area (Å²) < 4.78 is 12.3. The third kappa shape index (κ3) is 8.13. The van der Waals surface area contributed by atoms with Gasteiger partial charge in [0.25, 0.3) is 5.56 Å². The fourth-order valence-corrected chi connectivity index (χ4v) is 5.37. The average molecular weight is 566 g/mol. The number of ether oxygens (including phenoxy) is 2. The Morgan fingerprint density at radius 3 is 2.30 bits per heavy atom. The van der Waals surface area contributed by atoms with Crippen LogP contribution in [0.25, 0.3) is 0 Å². The highest BCUT2D eigenvalue weighted by Gasteiger charge is 2.16. The van der Waals surface area contributed by atoms with E-state index in [2.05, 4.69) is 45.0 Å². The Morgan fingerprint density at radius 2 is 1.68 bits per heavy atom. The molecule has 3 aromatic rings. The Hall–Kier alpha value is -3.26. The number of aromatic nitrogens is 2. The molecule has 40 heavy (non-hydrogen) atoms. The molecule has 0 unspecified atom stereocenters. The van der Waals surface area contributed by atoms with Gasteiger partial charge in [-0.25, -0.2) is 4.98 Å². The fourth-order valence-electron chi connectivity index (χ4n) is 4.42. The monoisotopic (exact) mass is 565 g/mol. The molecule has 0 bridgehead atoms. The maximum Gasteiger partial charge on any atom is 0.257 e. The molecule has 1 aromatic heterocycles. The molecular weight excluding hydrogens is 522 g/mol. The van der Waals surface area contributed by atoms with Gasteiger partial charge in [-0.15, -0.1) is 0 Å². The first kappa shape index (κ1) is 31.3. The summed E-state index contributed by atoms with van der Waals surface area (Å²) in [6, 6.07) is 14.3. The lowest BCUT2D eigenvalue weighted by molar-refractivity contribution is -0.129. The van der Waals surface area contributed by atoms with Crippen molar-refractivity contribution in [2.24, 2.45) is 7.05 Å². The molecule has 0 aliphatic rings. The maximum absolute atomic E-state index is 13.2. The molecule has 0 spiro atoms. The summed E-state index contributed by atoms with van der Waals surface area (Å²) in [5.41, 5.74) is 5.02. The summed E-state index contributed by atoms with van der Waals surface area (Å²) in [4.78, 5) is 32.3. The van der Waals surface area contributed by atoms with Crippen LogP contribution in [0.4, 0.5) is 0 Å². The van der Waals surface area contributed by atoms with Crippen LogP contribution in [-0.4, -0.2) is 53.9 Å². The van der Waals surface area contributed by atoms with Gasteiger partial charge in [-0.05, 0) is 54.0 Å². The summed E-state index contributed by atoms with van der Waals surface area (Å²) in [6.07, 6.45) is 2.45. The molecular formula is C32H43N3O4S. The molecule has 0 saturated carbocycles. The molecule has 1 amide bonds. The molecule has 7 nitrogen and oxygen atoms in total. The summed E-state index contributed by atoms with van der Waals surface area (Å²) in [7, 11) is 6.84. The summed E-state index contributed by atoms with van der Waals surface area (Å²) >= 11 is 1.52. The number of hydrogen-bond donors (Lipinski definition) is 0. The highest BCUT2D eigenvalue weighted by Crippen LogP contribution is 2.28. The minimum absolute atomic E-state index is 0.0131. The van der Waals surface area contributed by atoms with Crippen molar-refractivity contribution in [2.45, 2.75) is 63.9 Å². The second-order valence-electron chi connectivity index (χ2n) is 11.2. The van der Waals surface area contributed by atoms with Crippen LogP contribution in [0.3, 0.4) is 0 Å². The number of methoxy groups -OCH3 is 2. The van der Waals surface area contributed by atoms with Crippen molar-refractivity contribution in [1.29, 1.82) is 0 Å². The number of amides is 1. The summed E-state index contributed by atoms with van der Waals surface area (Å²) in [5, 5.41) is 0.684. The molecule has 8 heteroatoms. The van der Waals surface area contributed by atoms with E-state index < -0.39 is 0 Å². The number of carbonyl (C=O) groups is 1. The molecule has 0 radical (unpaired) electrons. The first-order chi connectivity index (χ1) is 18.9. The van der Waals surface area contributed by atoms with Crippen LogP contribution in [0.15, 0.2) is 52.4 Å². The molecule has 0 saturated heterocycles. The Labute approximate surface area is 242 Å². The quantitative estimate of drug-likeness (QED) is 0.162. The number of hydrogen-bond acceptors (Lipinski definition) is 6. The van der Waals surface area contributed by atoms with Gasteiger partial charge in [-0.2, -0.15) is 0 Å². The lowest BCUT2D eigenvalue weighted by atomic mass is 9.86. The predicted octanol–water partition coefficient (Wildman–Crippen LogP) is 5.57. The fraction of sp³-hybridized carbons (Fsp3) is 0.469. The molecule has 0 fully saturated rings. The molecule has 2 aromatic carbocycles. The van der Waals surface area contributed by atoms with E-state index in [1.54, 1.807) is 30.7 Å². The highest BCUT2D eigenvalue weighted by molar-refractivity contribution is 7.99. The van der Waals surface area contributed by atoms with Crippen molar-refractivity contribution < 1.29 is 14.3 Å². The van der Waals surface area contributed by atoms with Crippen molar-refractivity contribution in [3.05, 3.63) is 80.8 Å². The number of thioether (sulfide) groups is 1. The van der Waals surface area contributed by atoms with Crippen LogP contribution in [0.5, 0.6) is 11.5 Å². The van der Waals surface area contributed by atoms with Crippen molar-refractivity contribution in [1.82, 2.24) is 14.5 Å². The van der Waals surface area contributed by atoms with E-state index >= 15 is 0 Å². The van der Waals surface area contributed by atoms with E-state index in [4.69, 9.17) is 14.5 Å². The van der Waals surface area contributed by atoms with E-state index in [1.807, 2.05) is 32.2 Å². The van der Waals surface area contributed by atoms with E-state index in [0.717, 1.165) is 28.8 Å². The van der Waals surface area contributed by atoms with Gasteiger partial charge in [0, 0.05) is 50.5 Å². The Bertz CT molecular complexity index is 1360. The third-order valence-electron chi connectivity index (χ3n) is 7.13. The van der Waals surface area contributed by atoms with Gasteiger partial charge in [0.05, 0.1) is 14.2 Å².